The molecule has 3 N–H and O–H groups in total. The monoisotopic (exact) mass is 377 g/mol. The molecule has 0 aliphatic rings. The Morgan fingerprint density at radius 3 is 2.36 bits per heavy atom. The van der Waals surface area contributed by atoms with Crippen LogP contribution in [-0.2, 0) is 4.79 Å². The van der Waals surface area contributed by atoms with Gasteiger partial charge in [-0.15, -0.1) is 0 Å². The number of methoxy groups -OCH3 is 1. The summed E-state index contributed by atoms with van der Waals surface area (Å²) < 4.78 is 5.22. The Kier molecular flexibility index (Phi) is 5.81. The number of hydrogen-bond acceptors (Lipinski definition) is 6. The number of amides is 2. The third-order valence-electron chi connectivity index (χ3n) is 3.71. The maximum absolute atomic E-state index is 12.4. The molecule has 1 aromatic heterocycles. The van der Waals surface area contributed by atoms with E-state index in [2.05, 4.69) is 25.9 Å². The first-order valence-corrected chi connectivity index (χ1v) is 8.46. The zero-order chi connectivity index (χ0) is 19.9. The van der Waals surface area contributed by atoms with Gasteiger partial charge in [-0.1, -0.05) is 18.2 Å². The second kappa shape index (κ2) is 8.63. The molecule has 2 aromatic carbocycles. The van der Waals surface area contributed by atoms with Crippen LogP contribution in [0.25, 0.3) is 0 Å². The highest BCUT2D eigenvalue weighted by Crippen LogP contribution is 2.23. The molecule has 0 unspecified atom stereocenters. The van der Waals surface area contributed by atoms with Crippen LogP contribution in [-0.4, -0.2) is 28.9 Å². The summed E-state index contributed by atoms with van der Waals surface area (Å²) in [5.41, 5.74) is 2.23. The number of ether oxygens (including phenoxy) is 1. The van der Waals surface area contributed by atoms with E-state index in [1.807, 2.05) is 12.1 Å². The zero-order valence-corrected chi connectivity index (χ0v) is 15.4. The number of anilines is 4. The first kappa shape index (κ1) is 18.8. The molecule has 2 amide bonds. The molecule has 0 radical (unpaired) electrons. The van der Waals surface area contributed by atoms with Gasteiger partial charge in [0, 0.05) is 30.7 Å². The standard InChI is InChI=1S/C20H19N5O3/c1-13(26)23-15-6-5-7-16(10-15)24-20-21-11-14(12-22-20)19(27)25-17-8-3-4-9-18(17)28-2/h3-12H,1-2H3,(H,23,26)(H,25,27)(H,21,22,24). The summed E-state index contributed by atoms with van der Waals surface area (Å²) in [6.45, 7) is 1.44. The smallest absolute Gasteiger partial charge is 0.258 e. The lowest BCUT2D eigenvalue weighted by molar-refractivity contribution is -0.114. The Morgan fingerprint density at radius 1 is 0.929 bits per heavy atom. The van der Waals surface area contributed by atoms with Gasteiger partial charge in [-0.25, -0.2) is 9.97 Å². The van der Waals surface area contributed by atoms with Gasteiger partial charge < -0.3 is 20.7 Å². The van der Waals surface area contributed by atoms with Gasteiger partial charge in [-0.3, -0.25) is 9.59 Å². The van der Waals surface area contributed by atoms with Crippen molar-refractivity contribution in [2.45, 2.75) is 6.92 Å². The number of carbonyl (C=O) groups excluding carboxylic acids is 2. The maximum atomic E-state index is 12.4. The van der Waals surface area contributed by atoms with E-state index < -0.39 is 0 Å². The van der Waals surface area contributed by atoms with Gasteiger partial charge in [-0.2, -0.15) is 0 Å². The third kappa shape index (κ3) is 4.82. The molecule has 0 saturated heterocycles. The molecular formula is C20H19N5O3. The number of aromatic nitrogens is 2. The molecule has 0 aliphatic heterocycles. The van der Waals surface area contributed by atoms with Gasteiger partial charge in [-0.05, 0) is 30.3 Å². The van der Waals surface area contributed by atoms with Crippen molar-refractivity contribution in [1.82, 2.24) is 9.97 Å². The zero-order valence-electron chi connectivity index (χ0n) is 15.4. The van der Waals surface area contributed by atoms with Crippen molar-refractivity contribution in [1.29, 1.82) is 0 Å². The Morgan fingerprint density at radius 2 is 1.64 bits per heavy atom. The summed E-state index contributed by atoms with van der Waals surface area (Å²) in [5.74, 6) is 0.394. The molecule has 0 fully saturated rings. The van der Waals surface area contributed by atoms with Crippen LogP contribution in [0.5, 0.6) is 5.75 Å². The number of para-hydroxylation sites is 2. The molecule has 0 bridgehead atoms. The summed E-state index contributed by atoms with van der Waals surface area (Å²) in [5, 5.41) is 8.50. The minimum Gasteiger partial charge on any atom is -0.495 e. The molecule has 0 aliphatic carbocycles. The number of benzene rings is 2. The van der Waals surface area contributed by atoms with Crippen LogP contribution in [0.3, 0.4) is 0 Å². The molecule has 28 heavy (non-hydrogen) atoms. The molecule has 0 spiro atoms. The normalized spacial score (nSPS) is 10.1. The largest absolute Gasteiger partial charge is 0.495 e. The highest BCUT2D eigenvalue weighted by molar-refractivity contribution is 6.04. The van der Waals surface area contributed by atoms with Crippen molar-refractivity contribution in [3.63, 3.8) is 0 Å². The SMILES string of the molecule is COc1ccccc1NC(=O)c1cnc(Nc2cccc(NC(C)=O)c2)nc1. The van der Waals surface area contributed by atoms with Crippen LogP contribution in [0, 0.1) is 0 Å². The summed E-state index contributed by atoms with van der Waals surface area (Å²) in [4.78, 5) is 31.9. The molecule has 1 heterocycles. The molecule has 142 valence electrons. The fourth-order valence-electron chi connectivity index (χ4n) is 2.46. The molecular weight excluding hydrogens is 358 g/mol. The van der Waals surface area contributed by atoms with Gasteiger partial charge in [0.05, 0.1) is 18.4 Å². The van der Waals surface area contributed by atoms with Crippen LogP contribution in [0.2, 0.25) is 0 Å². The highest BCUT2D eigenvalue weighted by Gasteiger charge is 2.10. The van der Waals surface area contributed by atoms with E-state index in [0.29, 0.717) is 34.3 Å². The first-order chi connectivity index (χ1) is 13.5. The van der Waals surface area contributed by atoms with Crippen LogP contribution >= 0.6 is 0 Å². The van der Waals surface area contributed by atoms with Gasteiger partial charge >= 0.3 is 0 Å². The van der Waals surface area contributed by atoms with E-state index in [1.165, 1.54) is 26.4 Å². The average molecular weight is 377 g/mol. The third-order valence-corrected chi connectivity index (χ3v) is 3.71. The van der Waals surface area contributed by atoms with Crippen LogP contribution in [0.4, 0.5) is 23.0 Å². The molecule has 8 nitrogen and oxygen atoms in total. The van der Waals surface area contributed by atoms with E-state index in [0.717, 1.165) is 0 Å². The summed E-state index contributed by atoms with van der Waals surface area (Å²) >= 11 is 0. The number of rotatable bonds is 6. The quantitative estimate of drug-likeness (QED) is 0.608. The summed E-state index contributed by atoms with van der Waals surface area (Å²) in [6, 6.07) is 14.3. The van der Waals surface area contributed by atoms with Crippen LogP contribution in [0.1, 0.15) is 17.3 Å². The predicted octanol–water partition coefficient (Wildman–Crippen LogP) is 3.44. The first-order valence-electron chi connectivity index (χ1n) is 8.46. The predicted molar refractivity (Wildman–Crippen MR) is 107 cm³/mol. The number of nitrogens with one attached hydrogen (secondary N) is 3. The van der Waals surface area contributed by atoms with Crippen molar-refractivity contribution in [2.75, 3.05) is 23.1 Å². The summed E-state index contributed by atoms with van der Waals surface area (Å²) in [7, 11) is 1.54. The van der Waals surface area contributed by atoms with Gasteiger partial charge in [0.15, 0.2) is 0 Å². The second-order valence-corrected chi connectivity index (χ2v) is 5.84. The molecule has 3 aromatic rings. The van der Waals surface area contributed by atoms with E-state index >= 15 is 0 Å². The number of carbonyl (C=O) groups is 2. The topological polar surface area (TPSA) is 105 Å². The lowest BCUT2D eigenvalue weighted by atomic mass is 10.2. The minimum atomic E-state index is -0.344. The van der Waals surface area contributed by atoms with Crippen molar-refractivity contribution in [3.8, 4) is 5.75 Å². The van der Waals surface area contributed by atoms with E-state index in [4.69, 9.17) is 4.74 Å². The van der Waals surface area contributed by atoms with Crippen molar-refractivity contribution >= 4 is 34.8 Å². The van der Waals surface area contributed by atoms with Crippen LogP contribution in [0.15, 0.2) is 60.9 Å². The Labute approximate surface area is 162 Å². The molecule has 3 rings (SSSR count). The van der Waals surface area contributed by atoms with Crippen LogP contribution < -0.4 is 20.7 Å². The maximum Gasteiger partial charge on any atom is 0.258 e. The van der Waals surface area contributed by atoms with Crippen molar-refractivity contribution in [3.05, 3.63) is 66.5 Å². The minimum absolute atomic E-state index is 0.154. The molecule has 0 saturated carbocycles. The molecule has 8 heteroatoms. The lowest BCUT2D eigenvalue weighted by Crippen LogP contribution is -2.13. The van der Waals surface area contributed by atoms with Crippen molar-refractivity contribution < 1.29 is 14.3 Å². The summed E-state index contributed by atoms with van der Waals surface area (Å²) in [6.07, 6.45) is 2.86. The lowest BCUT2D eigenvalue weighted by Gasteiger charge is -2.10. The Balaban J connectivity index is 1.68. The van der Waals surface area contributed by atoms with Gasteiger partial charge in [0.2, 0.25) is 11.9 Å². The van der Waals surface area contributed by atoms with E-state index in [-0.39, 0.29) is 11.8 Å². The highest BCUT2D eigenvalue weighted by atomic mass is 16.5. The Bertz CT molecular complexity index is 989. The van der Waals surface area contributed by atoms with E-state index in [9.17, 15) is 9.59 Å². The number of nitrogens with zero attached hydrogens (tertiary/aromatic N) is 2. The fourth-order valence-corrected chi connectivity index (χ4v) is 2.46. The number of hydrogen-bond donors (Lipinski definition) is 3. The van der Waals surface area contributed by atoms with E-state index in [1.54, 1.807) is 36.4 Å². The fraction of sp³-hybridized carbons (Fsp3) is 0.100. The second-order valence-electron chi connectivity index (χ2n) is 5.84. The average Bonchev–Trinajstić information content (AvgIpc) is 2.68. The van der Waals surface area contributed by atoms with Gasteiger partial charge in [0.25, 0.3) is 5.91 Å². The Hall–Kier alpha value is -3.94. The van der Waals surface area contributed by atoms with Crippen molar-refractivity contribution in [2.24, 2.45) is 0 Å². The van der Waals surface area contributed by atoms with Gasteiger partial charge in [0.1, 0.15) is 5.75 Å². The molecule has 0 atom stereocenters.